The quantitative estimate of drug-likeness (QED) is 0.764. The number of Topliss-reactive ketones (excluding diaryl/α,β-unsaturated/α-hetero) is 1. The van der Waals surface area contributed by atoms with Crippen molar-refractivity contribution in [1.29, 1.82) is 0 Å². The standard InChI is InChI=1S/C15H17BrN2OS/c1-10-14(20-9-17-10)8-18(3)11(2)15(19)12-4-6-13(16)7-5-12/h4-7,9,11H,8H2,1-3H3. The van der Waals surface area contributed by atoms with E-state index in [1.807, 2.05) is 50.7 Å². The normalized spacial score (nSPS) is 12.7. The van der Waals surface area contributed by atoms with Crippen molar-refractivity contribution in [2.24, 2.45) is 0 Å². The van der Waals surface area contributed by atoms with Gasteiger partial charge in [0.15, 0.2) is 5.78 Å². The average Bonchev–Trinajstić information content (AvgIpc) is 2.83. The van der Waals surface area contributed by atoms with Crippen molar-refractivity contribution in [2.45, 2.75) is 26.4 Å². The first-order valence-corrected chi connectivity index (χ1v) is 8.05. The number of hydrogen-bond acceptors (Lipinski definition) is 4. The lowest BCUT2D eigenvalue weighted by Gasteiger charge is -2.23. The highest BCUT2D eigenvalue weighted by Crippen LogP contribution is 2.18. The zero-order valence-corrected chi connectivity index (χ0v) is 14.2. The summed E-state index contributed by atoms with van der Waals surface area (Å²) in [5, 5.41) is 0. The van der Waals surface area contributed by atoms with Crippen molar-refractivity contribution in [3.63, 3.8) is 0 Å². The van der Waals surface area contributed by atoms with Crippen molar-refractivity contribution in [3.8, 4) is 0 Å². The Morgan fingerprint density at radius 1 is 1.40 bits per heavy atom. The maximum atomic E-state index is 12.4. The number of rotatable bonds is 5. The van der Waals surface area contributed by atoms with Crippen LogP contribution in [0.15, 0.2) is 34.2 Å². The third-order valence-electron chi connectivity index (χ3n) is 3.41. The maximum absolute atomic E-state index is 12.4. The molecule has 0 spiro atoms. The van der Waals surface area contributed by atoms with E-state index in [4.69, 9.17) is 0 Å². The molecule has 1 aromatic carbocycles. The minimum atomic E-state index is -0.155. The van der Waals surface area contributed by atoms with Gasteiger partial charge in [-0.3, -0.25) is 9.69 Å². The Hall–Kier alpha value is -1.04. The monoisotopic (exact) mass is 352 g/mol. The molecule has 5 heteroatoms. The van der Waals surface area contributed by atoms with Gasteiger partial charge in [-0.15, -0.1) is 11.3 Å². The number of likely N-dealkylation sites (N-methyl/N-ethyl adjacent to an activating group) is 1. The molecule has 0 saturated carbocycles. The summed E-state index contributed by atoms with van der Waals surface area (Å²) < 4.78 is 0.982. The molecular weight excluding hydrogens is 336 g/mol. The molecule has 0 fully saturated rings. The summed E-state index contributed by atoms with van der Waals surface area (Å²) in [6.07, 6.45) is 0. The van der Waals surface area contributed by atoms with Crippen LogP contribution in [0.25, 0.3) is 0 Å². The Kier molecular flexibility index (Phi) is 5.07. The van der Waals surface area contributed by atoms with Gasteiger partial charge in [-0.05, 0) is 33.0 Å². The van der Waals surface area contributed by atoms with E-state index < -0.39 is 0 Å². The van der Waals surface area contributed by atoms with Crippen molar-refractivity contribution in [2.75, 3.05) is 7.05 Å². The van der Waals surface area contributed by atoms with Gasteiger partial charge in [0.1, 0.15) is 0 Å². The van der Waals surface area contributed by atoms with Gasteiger partial charge in [0.25, 0.3) is 0 Å². The Bertz CT molecular complexity index is 594. The van der Waals surface area contributed by atoms with Gasteiger partial charge in [0, 0.05) is 21.5 Å². The van der Waals surface area contributed by atoms with Crippen LogP contribution in [-0.4, -0.2) is 28.8 Å². The largest absolute Gasteiger partial charge is 0.292 e. The molecule has 0 aliphatic heterocycles. The molecule has 0 saturated heterocycles. The second-order valence-electron chi connectivity index (χ2n) is 4.82. The molecule has 0 N–H and O–H groups in total. The number of hydrogen-bond donors (Lipinski definition) is 0. The van der Waals surface area contributed by atoms with Crippen LogP contribution in [0.3, 0.4) is 0 Å². The van der Waals surface area contributed by atoms with E-state index in [0.717, 1.165) is 22.3 Å². The molecule has 106 valence electrons. The number of halogens is 1. The first-order valence-electron chi connectivity index (χ1n) is 6.38. The molecule has 2 rings (SSSR count). The first kappa shape index (κ1) is 15.4. The summed E-state index contributed by atoms with van der Waals surface area (Å²) in [4.78, 5) is 20.0. The Morgan fingerprint density at radius 2 is 2.05 bits per heavy atom. The molecular formula is C15H17BrN2OS. The molecule has 1 unspecified atom stereocenters. The lowest BCUT2D eigenvalue weighted by Crippen LogP contribution is -2.35. The minimum absolute atomic E-state index is 0.141. The summed E-state index contributed by atoms with van der Waals surface area (Å²) in [5.74, 6) is 0.141. The summed E-state index contributed by atoms with van der Waals surface area (Å²) in [7, 11) is 1.97. The molecule has 0 aliphatic carbocycles. The summed E-state index contributed by atoms with van der Waals surface area (Å²) in [6.45, 7) is 4.70. The predicted octanol–water partition coefficient (Wildman–Crippen LogP) is 3.92. The van der Waals surface area contributed by atoms with Crippen LogP contribution in [0.5, 0.6) is 0 Å². The number of nitrogens with zero attached hydrogens (tertiary/aromatic N) is 2. The number of benzene rings is 1. The van der Waals surface area contributed by atoms with E-state index in [2.05, 4.69) is 25.8 Å². The van der Waals surface area contributed by atoms with Gasteiger partial charge in [0.05, 0.1) is 17.2 Å². The van der Waals surface area contributed by atoms with Crippen LogP contribution >= 0.6 is 27.3 Å². The van der Waals surface area contributed by atoms with Crippen LogP contribution < -0.4 is 0 Å². The molecule has 3 nitrogen and oxygen atoms in total. The van der Waals surface area contributed by atoms with Crippen LogP contribution in [0.4, 0.5) is 0 Å². The highest BCUT2D eigenvalue weighted by molar-refractivity contribution is 9.10. The second kappa shape index (κ2) is 6.61. The first-order chi connectivity index (χ1) is 9.49. The molecule has 0 aliphatic rings. The fourth-order valence-corrected chi connectivity index (χ4v) is 3.00. The van der Waals surface area contributed by atoms with E-state index in [-0.39, 0.29) is 11.8 Å². The fraction of sp³-hybridized carbons (Fsp3) is 0.333. The smallest absolute Gasteiger partial charge is 0.179 e. The predicted molar refractivity (Wildman–Crippen MR) is 86.3 cm³/mol. The molecule has 1 atom stereocenters. The van der Waals surface area contributed by atoms with Gasteiger partial charge in [-0.1, -0.05) is 28.1 Å². The van der Waals surface area contributed by atoms with E-state index in [9.17, 15) is 4.79 Å². The van der Waals surface area contributed by atoms with E-state index in [0.29, 0.717) is 0 Å². The molecule has 20 heavy (non-hydrogen) atoms. The SMILES string of the molecule is Cc1ncsc1CN(C)C(C)C(=O)c1ccc(Br)cc1. The summed E-state index contributed by atoms with van der Waals surface area (Å²) >= 11 is 5.02. The molecule has 1 heterocycles. The van der Waals surface area contributed by atoms with Crippen molar-refractivity contribution >= 4 is 33.0 Å². The Labute approximate surface area is 131 Å². The van der Waals surface area contributed by atoms with Crippen LogP contribution in [0.1, 0.15) is 27.9 Å². The number of ketones is 1. The van der Waals surface area contributed by atoms with E-state index >= 15 is 0 Å². The lowest BCUT2D eigenvalue weighted by atomic mass is 10.0. The summed E-state index contributed by atoms with van der Waals surface area (Å²) in [6, 6.07) is 7.35. The number of carbonyl (C=O) groups is 1. The number of carbonyl (C=O) groups excluding carboxylic acids is 1. The van der Waals surface area contributed by atoms with Crippen molar-refractivity contribution in [3.05, 3.63) is 50.4 Å². The van der Waals surface area contributed by atoms with Gasteiger partial charge < -0.3 is 0 Å². The van der Waals surface area contributed by atoms with E-state index in [1.165, 1.54) is 4.88 Å². The number of thiazole rings is 1. The Morgan fingerprint density at radius 3 is 2.60 bits per heavy atom. The van der Waals surface area contributed by atoms with Crippen LogP contribution in [0, 0.1) is 6.92 Å². The zero-order chi connectivity index (χ0) is 14.7. The highest BCUT2D eigenvalue weighted by atomic mass is 79.9. The minimum Gasteiger partial charge on any atom is -0.292 e. The average molecular weight is 353 g/mol. The zero-order valence-electron chi connectivity index (χ0n) is 11.8. The van der Waals surface area contributed by atoms with Gasteiger partial charge in [0.2, 0.25) is 0 Å². The fourth-order valence-electron chi connectivity index (χ4n) is 1.90. The number of aromatic nitrogens is 1. The van der Waals surface area contributed by atoms with Crippen molar-refractivity contribution in [1.82, 2.24) is 9.88 Å². The van der Waals surface area contributed by atoms with Crippen LogP contribution in [-0.2, 0) is 6.54 Å². The molecule has 0 bridgehead atoms. The molecule has 2 aromatic rings. The topological polar surface area (TPSA) is 33.2 Å². The van der Waals surface area contributed by atoms with Gasteiger partial charge in [-0.25, -0.2) is 4.98 Å². The summed E-state index contributed by atoms with van der Waals surface area (Å²) in [5.41, 5.74) is 3.64. The molecule has 1 aromatic heterocycles. The Balaban J connectivity index is 2.06. The highest BCUT2D eigenvalue weighted by Gasteiger charge is 2.20. The van der Waals surface area contributed by atoms with E-state index in [1.54, 1.807) is 11.3 Å². The molecule has 0 amide bonds. The third kappa shape index (κ3) is 3.53. The number of aryl methyl sites for hydroxylation is 1. The molecule has 0 radical (unpaired) electrons. The maximum Gasteiger partial charge on any atom is 0.179 e. The lowest BCUT2D eigenvalue weighted by molar-refractivity contribution is 0.0863. The van der Waals surface area contributed by atoms with Crippen LogP contribution in [0.2, 0.25) is 0 Å². The second-order valence-corrected chi connectivity index (χ2v) is 6.68. The van der Waals surface area contributed by atoms with Gasteiger partial charge in [-0.2, -0.15) is 0 Å². The van der Waals surface area contributed by atoms with Crippen molar-refractivity contribution < 1.29 is 4.79 Å². The third-order valence-corrected chi connectivity index (χ3v) is 4.86. The van der Waals surface area contributed by atoms with Gasteiger partial charge >= 0.3 is 0 Å².